The molecule has 27 heavy (non-hydrogen) atoms. The lowest BCUT2D eigenvalue weighted by Gasteiger charge is -2.34. The molecule has 1 aromatic carbocycles. The van der Waals surface area contributed by atoms with Gasteiger partial charge in [0.05, 0.1) is 11.1 Å². The SMILES string of the molecule is Cc1ccc(S(=O)(=O)N2CCN(c3ccc(OC(F)F)cn3)CC2)cc1C. The van der Waals surface area contributed by atoms with Gasteiger partial charge in [-0.25, -0.2) is 13.4 Å². The number of hydrogen-bond acceptors (Lipinski definition) is 5. The van der Waals surface area contributed by atoms with Crippen LogP contribution in [0.2, 0.25) is 0 Å². The Morgan fingerprint density at radius 1 is 1.04 bits per heavy atom. The van der Waals surface area contributed by atoms with Crippen LogP contribution < -0.4 is 9.64 Å². The van der Waals surface area contributed by atoms with E-state index in [1.165, 1.54) is 16.6 Å². The first-order valence-electron chi connectivity index (χ1n) is 8.50. The molecule has 6 nitrogen and oxygen atoms in total. The van der Waals surface area contributed by atoms with E-state index < -0.39 is 16.6 Å². The van der Waals surface area contributed by atoms with Crippen molar-refractivity contribution in [1.29, 1.82) is 0 Å². The topological polar surface area (TPSA) is 62.7 Å². The van der Waals surface area contributed by atoms with E-state index in [1.54, 1.807) is 18.2 Å². The average molecular weight is 397 g/mol. The molecule has 1 aliphatic heterocycles. The van der Waals surface area contributed by atoms with Crippen LogP contribution in [0.4, 0.5) is 14.6 Å². The molecule has 0 aliphatic carbocycles. The van der Waals surface area contributed by atoms with Gasteiger partial charge in [-0.3, -0.25) is 0 Å². The lowest BCUT2D eigenvalue weighted by Crippen LogP contribution is -2.48. The molecule has 0 radical (unpaired) electrons. The predicted octanol–water partition coefficient (Wildman–Crippen LogP) is 2.81. The fraction of sp³-hybridized carbons (Fsp3) is 0.389. The molecule has 0 amide bonds. The third-order valence-electron chi connectivity index (χ3n) is 4.62. The van der Waals surface area contributed by atoms with Crippen LogP contribution in [-0.2, 0) is 10.0 Å². The number of rotatable bonds is 5. The summed E-state index contributed by atoms with van der Waals surface area (Å²) >= 11 is 0. The summed E-state index contributed by atoms with van der Waals surface area (Å²) in [6.07, 6.45) is 1.24. The van der Waals surface area contributed by atoms with E-state index in [0.717, 1.165) is 11.1 Å². The first kappa shape index (κ1) is 19.5. The van der Waals surface area contributed by atoms with Crippen LogP contribution in [0.15, 0.2) is 41.4 Å². The Bertz CT molecular complexity index is 897. The summed E-state index contributed by atoms with van der Waals surface area (Å²) in [4.78, 5) is 6.33. The predicted molar refractivity (Wildman–Crippen MR) is 97.8 cm³/mol. The second-order valence-electron chi connectivity index (χ2n) is 6.37. The van der Waals surface area contributed by atoms with Crippen molar-refractivity contribution < 1.29 is 21.9 Å². The van der Waals surface area contributed by atoms with Gasteiger partial charge < -0.3 is 9.64 Å². The van der Waals surface area contributed by atoms with Gasteiger partial charge in [0.25, 0.3) is 0 Å². The van der Waals surface area contributed by atoms with Crippen LogP contribution in [0.3, 0.4) is 0 Å². The monoisotopic (exact) mass is 397 g/mol. The van der Waals surface area contributed by atoms with Gasteiger partial charge in [0.1, 0.15) is 11.6 Å². The number of alkyl halides is 2. The molecule has 0 atom stereocenters. The van der Waals surface area contributed by atoms with Gasteiger partial charge in [0.2, 0.25) is 10.0 Å². The smallest absolute Gasteiger partial charge is 0.387 e. The Hall–Kier alpha value is -2.26. The Morgan fingerprint density at radius 2 is 1.74 bits per heavy atom. The Balaban J connectivity index is 1.66. The highest BCUT2D eigenvalue weighted by Gasteiger charge is 2.29. The third-order valence-corrected chi connectivity index (χ3v) is 6.52. The molecule has 0 bridgehead atoms. The third kappa shape index (κ3) is 4.36. The van der Waals surface area contributed by atoms with Gasteiger partial charge in [-0.15, -0.1) is 0 Å². The zero-order chi connectivity index (χ0) is 19.6. The van der Waals surface area contributed by atoms with Gasteiger partial charge in [-0.1, -0.05) is 6.07 Å². The molecule has 0 spiro atoms. The molecule has 0 unspecified atom stereocenters. The molecular weight excluding hydrogens is 376 g/mol. The Kier molecular flexibility index (Phi) is 5.61. The zero-order valence-electron chi connectivity index (χ0n) is 15.1. The van der Waals surface area contributed by atoms with Crippen LogP contribution in [0.25, 0.3) is 0 Å². The van der Waals surface area contributed by atoms with Crippen LogP contribution in [0.1, 0.15) is 11.1 Å². The summed E-state index contributed by atoms with van der Waals surface area (Å²) in [7, 11) is -3.54. The van der Waals surface area contributed by atoms with E-state index in [2.05, 4.69) is 9.72 Å². The van der Waals surface area contributed by atoms with Crippen LogP contribution >= 0.6 is 0 Å². The van der Waals surface area contributed by atoms with Crippen molar-refractivity contribution in [2.24, 2.45) is 0 Å². The number of anilines is 1. The Morgan fingerprint density at radius 3 is 2.30 bits per heavy atom. The van der Waals surface area contributed by atoms with E-state index in [0.29, 0.717) is 36.9 Å². The molecule has 1 aromatic heterocycles. The summed E-state index contributed by atoms with van der Waals surface area (Å²) in [5, 5.41) is 0. The maximum absolute atomic E-state index is 12.8. The fourth-order valence-corrected chi connectivity index (χ4v) is 4.42. The average Bonchev–Trinajstić information content (AvgIpc) is 2.64. The summed E-state index contributed by atoms with van der Waals surface area (Å²) in [5.41, 5.74) is 1.98. The van der Waals surface area contributed by atoms with Crippen molar-refractivity contribution in [1.82, 2.24) is 9.29 Å². The Labute approximate surface area is 157 Å². The number of sulfonamides is 1. The maximum atomic E-state index is 12.8. The first-order chi connectivity index (χ1) is 12.8. The molecule has 0 N–H and O–H groups in total. The normalized spacial score (nSPS) is 16.0. The second kappa shape index (κ2) is 7.77. The van der Waals surface area contributed by atoms with E-state index in [4.69, 9.17) is 0 Å². The molecule has 1 fully saturated rings. The van der Waals surface area contributed by atoms with Crippen LogP contribution in [0.5, 0.6) is 5.75 Å². The number of benzene rings is 1. The molecule has 1 saturated heterocycles. The molecule has 1 aliphatic rings. The first-order valence-corrected chi connectivity index (χ1v) is 9.94. The van der Waals surface area contributed by atoms with Gasteiger partial charge in [-0.05, 0) is 49.2 Å². The minimum Gasteiger partial charge on any atom is -0.433 e. The molecule has 2 heterocycles. The fourth-order valence-electron chi connectivity index (χ4n) is 2.91. The molecule has 2 aromatic rings. The van der Waals surface area contributed by atoms with E-state index in [9.17, 15) is 17.2 Å². The van der Waals surface area contributed by atoms with Gasteiger partial charge in [0.15, 0.2) is 0 Å². The largest absolute Gasteiger partial charge is 0.433 e. The van der Waals surface area contributed by atoms with Crippen molar-refractivity contribution in [2.75, 3.05) is 31.1 Å². The number of halogens is 2. The van der Waals surface area contributed by atoms with Crippen molar-refractivity contribution in [2.45, 2.75) is 25.4 Å². The summed E-state index contributed by atoms with van der Waals surface area (Å²) in [6, 6.07) is 8.15. The minimum atomic E-state index is -3.54. The van der Waals surface area contributed by atoms with Gasteiger partial charge in [0, 0.05) is 26.2 Å². The number of nitrogens with zero attached hydrogens (tertiary/aromatic N) is 3. The number of ether oxygens (including phenoxy) is 1. The quantitative estimate of drug-likeness (QED) is 0.776. The molecule has 3 rings (SSSR count). The van der Waals surface area contributed by atoms with Crippen LogP contribution in [0, 0.1) is 13.8 Å². The van der Waals surface area contributed by atoms with E-state index >= 15 is 0 Å². The highest BCUT2D eigenvalue weighted by molar-refractivity contribution is 7.89. The zero-order valence-corrected chi connectivity index (χ0v) is 15.9. The number of aromatic nitrogens is 1. The van der Waals surface area contributed by atoms with E-state index in [1.807, 2.05) is 24.8 Å². The van der Waals surface area contributed by atoms with E-state index in [-0.39, 0.29) is 5.75 Å². The number of hydrogen-bond donors (Lipinski definition) is 0. The number of aryl methyl sites for hydroxylation is 2. The van der Waals surface area contributed by atoms with Crippen LogP contribution in [-0.4, -0.2) is 50.5 Å². The standard InChI is InChI=1S/C18H21F2N3O3S/c1-13-3-5-16(11-14(13)2)27(24,25)23-9-7-22(8-10-23)17-6-4-15(12-21-17)26-18(19)20/h3-6,11-12,18H,7-10H2,1-2H3. The number of pyridine rings is 1. The van der Waals surface area contributed by atoms with Crippen molar-refractivity contribution in [3.8, 4) is 5.75 Å². The molecule has 0 saturated carbocycles. The van der Waals surface area contributed by atoms with Crippen molar-refractivity contribution in [3.05, 3.63) is 47.7 Å². The maximum Gasteiger partial charge on any atom is 0.387 e. The van der Waals surface area contributed by atoms with Crippen molar-refractivity contribution >= 4 is 15.8 Å². The lowest BCUT2D eigenvalue weighted by atomic mass is 10.1. The summed E-state index contributed by atoms with van der Waals surface area (Å²) < 4.78 is 55.8. The van der Waals surface area contributed by atoms with Crippen molar-refractivity contribution in [3.63, 3.8) is 0 Å². The van der Waals surface area contributed by atoms with Gasteiger partial charge >= 0.3 is 6.61 Å². The molecule has 146 valence electrons. The molecule has 9 heteroatoms. The second-order valence-corrected chi connectivity index (χ2v) is 8.31. The highest BCUT2D eigenvalue weighted by atomic mass is 32.2. The number of piperazine rings is 1. The minimum absolute atomic E-state index is 0.00953. The summed E-state index contributed by atoms with van der Waals surface area (Å²) in [6.45, 7) is 2.52. The lowest BCUT2D eigenvalue weighted by molar-refractivity contribution is -0.0500. The summed E-state index contributed by atoms with van der Waals surface area (Å²) in [5.74, 6) is 0.588. The molecular formula is C18H21F2N3O3S. The highest BCUT2D eigenvalue weighted by Crippen LogP contribution is 2.23. The van der Waals surface area contributed by atoms with Gasteiger partial charge in [-0.2, -0.15) is 13.1 Å².